The Labute approximate surface area is 149 Å². The van der Waals surface area contributed by atoms with Gasteiger partial charge in [-0.15, -0.1) is 5.10 Å². The SMILES string of the molecule is Cc1cc(C)c(NC(=O)c2nc(C)n(-c3ccc(F)cc3)n2)c(Cl)c1. The van der Waals surface area contributed by atoms with Gasteiger partial charge in [-0.05, 0) is 62.2 Å². The summed E-state index contributed by atoms with van der Waals surface area (Å²) in [6.45, 7) is 5.52. The summed E-state index contributed by atoms with van der Waals surface area (Å²) in [6, 6.07) is 9.49. The minimum Gasteiger partial charge on any atom is -0.318 e. The number of aromatic nitrogens is 3. The molecule has 3 aromatic rings. The third-order valence-corrected chi connectivity index (χ3v) is 4.01. The lowest BCUT2D eigenvalue weighted by Crippen LogP contribution is -2.15. The second-order valence-corrected chi connectivity index (χ2v) is 6.17. The van der Waals surface area contributed by atoms with Crippen molar-refractivity contribution in [3.63, 3.8) is 0 Å². The molecule has 0 atom stereocenters. The lowest BCUT2D eigenvalue weighted by atomic mass is 10.1. The van der Waals surface area contributed by atoms with E-state index in [1.807, 2.05) is 19.9 Å². The van der Waals surface area contributed by atoms with Crippen molar-refractivity contribution < 1.29 is 9.18 Å². The van der Waals surface area contributed by atoms with Gasteiger partial charge in [0.1, 0.15) is 11.6 Å². The van der Waals surface area contributed by atoms with Crippen molar-refractivity contribution in [1.29, 1.82) is 0 Å². The van der Waals surface area contributed by atoms with Crippen LogP contribution in [0.3, 0.4) is 0 Å². The number of nitrogens with zero attached hydrogens (tertiary/aromatic N) is 3. The van der Waals surface area contributed by atoms with Crippen LogP contribution in [0.1, 0.15) is 27.6 Å². The van der Waals surface area contributed by atoms with Gasteiger partial charge < -0.3 is 5.32 Å². The summed E-state index contributed by atoms with van der Waals surface area (Å²) in [4.78, 5) is 16.7. The number of halogens is 2. The molecule has 128 valence electrons. The van der Waals surface area contributed by atoms with Crippen LogP contribution in [0.2, 0.25) is 5.02 Å². The molecule has 0 fully saturated rings. The van der Waals surface area contributed by atoms with Crippen LogP contribution in [0.25, 0.3) is 5.69 Å². The highest BCUT2D eigenvalue weighted by molar-refractivity contribution is 6.34. The molecule has 7 heteroatoms. The van der Waals surface area contributed by atoms with E-state index in [4.69, 9.17) is 11.6 Å². The maximum atomic E-state index is 13.1. The Hall–Kier alpha value is -2.73. The molecule has 1 aromatic heterocycles. The number of aryl methyl sites for hydroxylation is 3. The van der Waals surface area contributed by atoms with Crippen LogP contribution >= 0.6 is 11.6 Å². The van der Waals surface area contributed by atoms with E-state index in [0.29, 0.717) is 22.2 Å². The van der Waals surface area contributed by atoms with E-state index >= 15 is 0 Å². The second-order valence-electron chi connectivity index (χ2n) is 5.76. The normalized spacial score (nSPS) is 10.8. The largest absolute Gasteiger partial charge is 0.318 e. The van der Waals surface area contributed by atoms with E-state index in [9.17, 15) is 9.18 Å². The summed E-state index contributed by atoms with van der Waals surface area (Å²) < 4.78 is 14.5. The summed E-state index contributed by atoms with van der Waals surface area (Å²) in [6.07, 6.45) is 0. The Balaban J connectivity index is 1.89. The Kier molecular flexibility index (Phi) is 4.55. The van der Waals surface area contributed by atoms with E-state index in [2.05, 4.69) is 15.4 Å². The van der Waals surface area contributed by atoms with Gasteiger partial charge in [-0.2, -0.15) is 0 Å². The molecule has 0 aliphatic heterocycles. The zero-order valence-electron chi connectivity index (χ0n) is 14.0. The van der Waals surface area contributed by atoms with Crippen molar-refractivity contribution in [2.24, 2.45) is 0 Å². The Morgan fingerprint density at radius 1 is 1.16 bits per heavy atom. The minimum atomic E-state index is -0.460. The van der Waals surface area contributed by atoms with Gasteiger partial charge in [0.25, 0.3) is 5.91 Å². The number of hydrogen-bond acceptors (Lipinski definition) is 3. The fourth-order valence-corrected chi connectivity index (χ4v) is 2.92. The fraction of sp³-hybridized carbons (Fsp3) is 0.167. The molecule has 25 heavy (non-hydrogen) atoms. The number of nitrogens with one attached hydrogen (secondary N) is 1. The molecule has 0 radical (unpaired) electrons. The first kappa shape index (κ1) is 17.1. The molecule has 0 unspecified atom stereocenters. The van der Waals surface area contributed by atoms with Crippen LogP contribution < -0.4 is 5.32 Å². The van der Waals surface area contributed by atoms with Gasteiger partial charge in [0, 0.05) is 0 Å². The number of anilines is 1. The lowest BCUT2D eigenvalue weighted by molar-refractivity contribution is 0.101. The maximum Gasteiger partial charge on any atom is 0.295 e. The maximum absolute atomic E-state index is 13.1. The molecular weight excluding hydrogens is 343 g/mol. The monoisotopic (exact) mass is 358 g/mol. The summed E-state index contributed by atoms with van der Waals surface area (Å²) in [7, 11) is 0. The number of carbonyl (C=O) groups excluding carboxylic acids is 1. The summed E-state index contributed by atoms with van der Waals surface area (Å²) in [5.41, 5.74) is 3.02. The number of carbonyl (C=O) groups is 1. The lowest BCUT2D eigenvalue weighted by Gasteiger charge is -2.10. The van der Waals surface area contributed by atoms with E-state index in [-0.39, 0.29) is 11.6 Å². The zero-order chi connectivity index (χ0) is 18.1. The van der Waals surface area contributed by atoms with E-state index < -0.39 is 5.91 Å². The standard InChI is InChI=1S/C18H16ClFN4O/c1-10-8-11(2)16(15(19)9-10)22-18(25)17-21-12(3)24(23-17)14-6-4-13(20)5-7-14/h4-9H,1-3H3,(H,22,25). The van der Waals surface area contributed by atoms with Gasteiger partial charge >= 0.3 is 0 Å². The number of benzene rings is 2. The van der Waals surface area contributed by atoms with Crippen molar-refractivity contribution >= 4 is 23.2 Å². The number of amides is 1. The zero-order valence-corrected chi connectivity index (χ0v) is 14.7. The summed E-state index contributed by atoms with van der Waals surface area (Å²) in [5.74, 6) is -0.275. The molecule has 1 amide bonds. The number of rotatable bonds is 3. The predicted octanol–water partition coefficient (Wildman–Crippen LogP) is 4.24. The molecule has 0 saturated carbocycles. The van der Waals surface area contributed by atoms with Crippen LogP contribution in [0.5, 0.6) is 0 Å². The first-order valence-corrected chi connectivity index (χ1v) is 8.00. The molecule has 1 heterocycles. The molecule has 0 spiro atoms. The predicted molar refractivity (Wildman–Crippen MR) is 94.9 cm³/mol. The van der Waals surface area contributed by atoms with Crippen LogP contribution in [-0.2, 0) is 0 Å². The van der Waals surface area contributed by atoms with Crippen molar-refractivity contribution in [3.8, 4) is 5.69 Å². The highest BCUT2D eigenvalue weighted by Gasteiger charge is 2.17. The smallest absolute Gasteiger partial charge is 0.295 e. The molecule has 1 N–H and O–H groups in total. The molecule has 0 saturated heterocycles. The summed E-state index contributed by atoms with van der Waals surface area (Å²) >= 11 is 6.22. The third-order valence-electron chi connectivity index (χ3n) is 3.71. The Bertz CT molecular complexity index is 927. The minimum absolute atomic E-state index is 0.0119. The molecule has 2 aromatic carbocycles. The molecule has 0 aliphatic rings. The second kappa shape index (κ2) is 6.64. The van der Waals surface area contributed by atoms with Crippen LogP contribution in [-0.4, -0.2) is 20.7 Å². The van der Waals surface area contributed by atoms with E-state index in [0.717, 1.165) is 11.1 Å². The summed E-state index contributed by atoms with van der Waals surface area (Å²) in [5, 5.41) is 7.42. The van der Waals surface area contributed by atoms with Crippen molar-refractivity contribution in [2.45, 2.75) is 20.8 Å². The van der Waals surface area contributed by atoms with E-state index in [1.54, 1.807) is 25.1 Å². The van der Waals surface area contributed by atoms with Crippen LogP contribution in [0.4, 0.5) is 10.1 Å². The van der Waals surface area contributed by atoms with Crippen molar-refractivity contribution in [3.05, 3.63) is 70.0 Å². The molecule has 0 aliphatic carbocycles. The molecule has 5 nitrogen and oxygen atoms in total. The topological polar surface area (TPSA) is 59.8 Å². The molecule has 3 rings (SSSR count). The Morgan fingerprint density at radius 2 is 1.84 bits per heavy atom. The quantitative estimate of drug-likeness (QED) is 0.761. The van der Waals surface area contributed by atoms with Gasteiger partial charge in [-0.1, -0.05) is 17.7 Å². The van der Waals surface area contributed by atoms with Crippen LogP contribution in [0, 0.1) is 26.6 Å². The van der Waals surface area contributed by atoms with Gasteiger partial charge in [-0.25, -0.2) is 14.1 Å². The molecular formula is C18H16ClFN4O. The van der Waals surface area contributed by atoms with Crippen molar-refractivity contribution in [1.82, 2.24) is 14.8 Å². The first-order chi connectivity index (χ1) is 11.8. The van der Waals surface area contributed by atoms with Gasteiger partial charge in [0.15, 0.2) is 0 Å². The van der Waals surface area contributed by atoms with Gasteiger partial charge in [0.05, 0.1) is 16.4 Å². The highest BCUT2D eigenvalue weighted by atomic mass is 35.5. The molecule has 0 bridgehead atoms. The van der Waals surface area contributed by atoms with Gasteiger partial charge in [0.2, 0.25) is 5.82 Å². The number of hydrogen-bond donors (Lipinski definition) is 1. The highest BCUT2D eigenvalue weighted by Crippen LogP contribution is 2.27. The first-order valence-electron chi connectivity index (χ1n) is 7.63. The van der Waals surface area contributed by atoms with Crippen molar-refractivity contribution in [2.75, 3.05) is 5.32 Å². The average Bonchev–Trinajstić information content (AvgIpc) is 2.93. The average molecular weight is 359 g/mol. The third kappa shape index (κ3) is 3.53. The fourth-order valence-electron chi connectivity index (χ4n) is 2.56. The van der Waals surface area contributed by atoms with E-state index in [1.165, 1.54) is 16.8 Å². The Morgan fingerprint density at radius 3 is 2.48 bits per heavy atom. The van der Waals surface area contributed by atoms with Gasteiger partial charge in [-0.3, -0.25) is 4.79 Å². The van der Waals surface area contributed by atoms with Crippen LogP contribution in [0.15, 0.2) is 36.4 Å².